The molecule has 4 rings (SSSR count). The van der Waals surface area contributed by atoms with Gasteiger partial charge in [0.25, 0.3) is 5.56 Å². The van der Waals surface area contributed by atoms with Gasteiger partial charge in [0.05, 0.1) is 34.8 Å². The predicted octanol–water partition coefficient (Wildman–Crippen LogP) is 6.27. The van der Waals surface area contributed by atoms with Crippen LogP contribution in [-0.4, -0.2) is 29.1 Å². The normalized spacial score (nSPS) is 11.3. The molecule has 4 aromatic rings. The van der Waals surface area contributed by atoms with E-state index in [4.69, 9.17) is 14.5 Å². The van der Waals surface area contributed by atoms with Crippen molar-refractivity contribution in [1.29, 1.82) is 0 Å². The number of hydrogen-bond donors (Lipinski definition) is 0. The zero-order chi connectivity index (χ0) is 23.4. The molecule has 0 atom stereocenters. The summed E-state index contributed by atoms with van der Waals surface area (Å²) in [5.41, 5.74) is 1.88. The third-order valence-corrected chi connectivity index (χ3v) is 6.99. The van der Waals surface area contributed by atoms with Crippen molar-refractivity contribution in [2.75, 3.05) is 13.2 Å². The molecule has 0 fully saturated rings. The second-order valence-electron chi connectivity index (χ2n) is 6.97. The van der Waals surface area contributed by atoms with Crippen LogP contribution in [0.5, 0.6) is 11.5 Å². The Hall–Kier alpha value is -2.97. The molecule has 0 spiro atoms. The van der Waals surface area contributed by atoms with Crippen molar-refractivity contribution in [3.8, 4) is 22.9 Å². The van der Waals surface area contributed by atoms with Crippen LogP contribution in [0.3, 0.4) is 0 Å². The largest absolute Gasteiger partial charge is 0.490 e. The number of halogens is 2. The molecule has 8 heteroatoms. The van der Waals surface area contributed by atoms with Crippen LogP contribution >= 0.6 is 31.9 Å². The Kier molecular flexibility index (Phi) is 7.25. The summed E-state index contributed by atoms with van der Waals surface area (Å²) < 4.78 is 14.3. The monoisotopic (exact) mass is 569 g/mol. The van der Waals surface area contributed by atoms with Crippen LogP contribution in [0, 0.1) is 0 Å². The van der Waals surface area contributed by atoms with Crippen LogP contribution in [0.25, 0.3) is 22.3 Å². The van der Waals surface area contributed by atoms with Gasteiger partial charge in [-0.3, -0.25) is 4.79 Å². The molecule has 33 heavy (non-hydrogen) atoms. The summed E-state index contributed by atoms with van der Waals surface area (Å²) in [6, 6.07) is 18.6. The van der Waals surface area contributed by atoms with Gasteiger partial charge in [0, 0.05) is 15.6 Å². The van der Waals surface area contributed by atoms with E-state index in [1.165, 1.54) is 4.68 Å². The summed E-state index contributed by atoms with van der Waals surface area (Å²) in [7, 11) is 0. The molecular weight excluding hydrogens is 550 g/mol. The smallest absolute Gasteiger partial charge is 0.282 e. The molecule has 0 saturated carbocycles. The Labute approximate surface area is 208 Å². The molecule has 1 heterocycles. The molecule has 0 N–H and O–H groups in total. The van der Waals surface area contributed by atoms with Gasteiger partial charge in [0.2, 0.25) is 0 Å². The minimum atomic E-state index is -0.248. The van der Waals surface area contributed by atoms with E-state index in [0.717, 1.165) is 10.0 Å². The van der Waals surface area contributed by atoms with Crippen LogP contribution in [0.4, 0.5) is 0 Å². The van der Waals surface area contributed by atoms with Crippen LogP contribution in [0.2, 0.25) is 0 Å². The minimum Gasteiger partial charge on any atom is -0.490 e. The maximum Gasteiger partial charge on any atom is 0.282 e. The highest BCUT2D eigenvalue weighted by Crippen LogP contribution is 2.42. The van der Waals surface area contributed by atoms with E-state index in [9.17, 15) is 4.79 Å². The third kappa shape index (κ3) is 4.72. The molecule has 168 valence electrons. The Morgan fingerprint density at radius 2 is 1.67 bits per heavy atom. The molecule has 0 aliphatic heterocycles. The SMILES string of the molecule is CCOc1cc(C=Nn2c(-c3ccccc3)nc3ccccc3c2=O)c(Br)c(Br)c1OCC. The number of fused-ring (bicyclic) bond motifs is 1. The first-order valence-electron chi connectivity index (χ1n) is 10.4. The molecular formula is C25H21Br2N3O3. The van der Waals surface area contributed by atoms with Gasteiger partial charge in [-0.05, 0) is 63.9 Å². The fourth-order valence-corrected chi connectivity index (χ4v) is 4.30. The lowest BCUT2D eigenvalue weighted by molar-refractivity contribution is 0.286. The maximum absolute atomic E-state index is 13.3. The van der Waals surface area contributed by atoms with Crippen LogP contribution in [-0.2, 0) is 0 Å². The molecule has 1 aromatic heterocycles. The van der Waals surface area contributed by atoms with E-state index < -0.39 is 0 Å². The number of ether oxygens (including phenoxy) is 2. The van der Waals surface area contributed by atoms with Crippen molar-refractivity contribution < 1.29 is 9.47 Å². The Morgan fingerprint density at radius 3 is 2.39 bits per heavy atom. The van der Waals surface area contributed by atoms with Gasteiger partial charge in [-0.1, -0.05) is 42.5 Å². The summed E-state index contributed by atoms with van der Waals surface area (Å²) in [5.74, 6) is 1.66. The lowest BCUT2D eigenvalue weighted by Crippen LogP contribution is -2.20. The number of benzene rings is 3. The number of hydrogen-bond acceptors (Lipinski definition) is 5. The van der Waals surface area contributed by atoms with Crippen LogP contribution in [0.1, 0.15) is 19.4 Å². The van der Waals surface area contributed by atoms with Gasteiger partial charge >= 0.3 is 0 Å². The van der Waals surface area contributed by atoms with Gasteiger partial charge in [-0.2, -0.15) is 9.78 Å². The van der Waals surface area contributed by atoms with E-state index in [0.29, 0.717) is 51.5 Å². The van der Waals surface area contributed by atoms with Crippen molar-refractivity contribution in [3.63, 3.8) is 0 Å². The third-order valence-electron chi connectivity index (χ3n) is 4.84. The van der Waals surface area contributed by atoms with Crippen molar-refractivity contribution in [1.82, 2.24) is 9.66 Å². The van der Waals surface area contributed by atoms with Crippen molar-refractivity contribution in [2.24, 2.45) is 5.10 Å². The number of aromatic nitrogens is 2. The summed E-state index contributed by atoms with van der Waals surface area (Å²) in [4.78, 5) is 18.1. The van der Waals surface area contributed by atoms with E-state index in [2.05, 4.69) is 37.0 Å². The number of rotatable bonds is 7. The predicted molar refractivity (Wildman–Crippen MR) is 139 cm³/mol. The second kappa shape index (κ2) is 10.3. The zero-order valence-corrected chi connectivity index (χ0v) is 21.3. The Bertz CT molecular complexity index is 1390. The number of para-hydroxylation sites is 1. The first kappa shape index (κ1) is 23.2. The van der Waals surface area contributed by atoms with Crippen LogP contribution in [0.15, 0.2) is 79.5 Å². The fourth-order valence-electron chi connectivity index (χ4n) is 3.37. The lowest BCUT2D eigenvalue weighted by Gasteiger charge is -2.15. The van der Waals surface area contributed by atoms with Gasteiger partial charge < -0.3 is 9.47 Å². The zero-order valence-electron chi connectivity index (χ0n) is 18.1. The highest BCUT2D eigenvalue weighted by Gasteiger charge is 2.17. The Balaban J connectivity index is 1.90. The van der Waals surface area contributed by atoms with E-state index >= 15 is 0 Å². The molecule has 0 radical (unpaired) electrons. The molecule has 0 saturated heterocycles. The molecule has 0 bridgehead atoms. The first-order valence-corrected chi connectivity index (χ1v) is 12.0. The molecule has 6 nitrogen and oxygen atoms in total. The first-order chi connectivity index (χ1) is 16.0. The molecule has 0 amide bonds. The second-order valence-corrected chi connectivity index (χ2v) is 8.55. The van der Waals surface area contributed by atoms with Gasteiger partial charge in [0.15, 0.2) is 17.3 Å². The van der Waals surface area contributed by atoms with E-state index in [1.54, 1.807) is 12.3 Å². The lowest BCUT2D eigenvalue weighted by atomic mass is 10.2. The average Bonchev–Trinajstić information content (AvgIpc) is 2.84. The summed E-state index contributed by atoms with van der Waals surface area (Å²) >= 11 is 7.19. The van der Waals surface area contributed by atoms with E-state index in [-0.39, 0.29) is 5.56 Å². The summed E-state index contributed by atoms with van der Waals surface area (Å²) in [5, 5.41) is 5.05. The number of nitrogens with zero attached hydrogens (tertiary/aromatic N) is 3. The van der Waals surface area contributed by atoms with Gasteiger partial charge in [-0.25, -0.2) is 4.98 Å². The highest BCUT2D eigenvalue weighted by atomic mass is 79.9. The summed E-state index contributed by atoms with van der Waals surface area (Å²) in [6.45, 7) is 4.80. The Morgan fingerprint density at radius 1 is 0.970 bits per heavy atom. The highest BCUT2D eigenvalue weighted by molar-refractivity contribution is 9.13. The standard InChI is InChI=1S/C25H21Br2N3O3/c1-3-32-20-14-17(21(26)22(27)23(20)33-4-2)15-28-30-24(16-10-6-5-7-11-16)29-19-13-9-8-12-18(19)25(30)31/h5-15H,3-4H2,1-2H3. The topological polar surface area (TPSA) is 65.7 Å². The molecule has 3 aromatic carbocycles. The molecule has 0 unspecified atom stereocenters. The molecule has 0 aliphatic carbocycles. The van der Waals surface area contributed by atoms with Gasteiger partial charge in [-0.15, -0.1) is 0 Å². The fraction of sp³-hybridized carbons (Fsp3) is 0.160. The van der Waals surface area contributed by atoms with Crippen LogP contribution < -0.4 is 15.0 Å². The molecule has 0 aliphatic rings. The minimum absolute atomic E-state index is 0.248. The average molecular weight is 571 g/mol. The van der Waals surface area contributed by atoms with E-state index in [1.807, 2.05) is 68.4 Å². The van der Waals surface area contributed by atoms with Crippen molar-refractivity contribution in [2.45, 2.75) is 13.8 Å². The van der Waals surface area contributed by atoms with Gasteiger partial charge in [0.1, 0.15) is 0 Å². The van der Waals surface area contributed by atoms with Crippen molar-refractivity contribution in [3.05, 3.63) is 85.5 Å². The van der Waals surface area contributed by atoms with Crippen molar-refractivity contribution >= 4 is 49.0 Å². The summed E-state index contributed by atoms with van der Waals surface area (Å²) in [6.07, 6.45) is 1.61. The maximum atomic E-state index is 13.3. The quantitative estimate of drug-likeness (QED) is 0.246.